The van der Waals surface area contributed by atoms with Crippen molar-refractivity contribution in [1.82, 2.24) is 0 Å². The first-order chi connectivity index (χ1) is 11.0. The summed E-state index contributed by atoms with van der Waals surface area (Å²) < 4.78 is 0.750. The molecule has 6 heteroatoms. The van der Waals surface area contributed by atoms with E-state index < -0.39 is 0 Å². The topological polar surface area (TPSA) is 73.2 Å². The van der Waals surface area contributed by atoms with E-state index in [0.29, 0.717) is 16.9 Å². The van der Waals surface area contributed by atoms with Gasteiger partial charge in [-0.1, -0.05) is 24.3 Å². The number of amides is 2. The highest BCUT2D eigenvalue weighted by Gasteiger charge is 2.19. The average Bonchev–Trinajstić information content (AvgIpc) is 2.54. The summed E-state index contributed by atoms with van der Waals surface area (Å²) >= 11 is 3.35. The number of hydrogen-bond donors (Lipinski definition) is 1. The van der Waals surface area contributed by atoms with Crippen molar-refractivity contribution < 1.29 is 9.59 Å². The predicted octanol–water partition coefficient (Wildman–Crippen LogP) is 3.31. The third-order valence-corrected chi connectivity index (χ3v) is 3.84. The van der Waals surface area contributed by atoms with Crippen LogP contribution < -0.4 is 10.2 Å². The van der Waals surface area contributed by atoms with Crippen molar-refractivity contribution >= 4 is 39.1 Å². The lowest BCUT2D eigenvalue weighted by Gasteiger charge is -2.21. The SMILES string of the molecule is CC(=O)N(CC(=O)Nc1ccccc1Br)c1ccccc1C#N. The van der Waals surface area contributed by atoms with Gasteiger partial charge in [0.25, 0.3) is 0 Å². The molecule has 0 bridgehead atoms. The Morgan fingerprint density at radius 3 is 2.48 bits per heavy atom. The summed E-state index contributed by atoms with van der Waals surface area (Å²) in [5.74, 6) is -0.658. The van der Waals surface area contributed by atoms with Crippen LogP contribution >= 0.6 is 15.9 Å². The highest BCUT2D eigenvalue weighted by molar-refractivity contribution is 9.10. The van der Waals surface area contributed by atoms with E-state index in [-0.39, 0.29) is 18.4 Å². The summed E-state index contributed by atoms with van der Waals surface area (Å²) in [7, 11) is 0. The minimum absolute atomic E-state index is 0.171. The second kappa shape index (κ2) is 7.56. The van der Waals surface area contributed by atoms with Crippen LogP contribution in [0.2, 0.25) is 0 Å². The van der Waals surface area contributed by atoms with E-state index in [1.807, 2.05) is 18.2 Å². The first kappa shape index (κ1) is 16.7. The molecule has 2 aromatic carbocycles. The average molecular weight is 372 g/mol. The third-order valence-electron chi connectivity index (χ3n) is 3.15. The fourth-order valence-electron chi connectivity index (χ4n) is 2.07. The van der Waals surface area contributed by atoms with Crippen LogP contribution in [-0.2, 0) is 9.59 Å². The molecule has 0 radical (unpaired) electrons. The number of para-hydroxylation sites is 2. The van der Waals surface area contributed by atoms with Gasteiger partial charge in [0.05, 0.1) is 16.9 Å². The molecule has 0 aliphatic heterocycles. The maximum atomic E-state index is 12.2. The van der Waals surface area contributed by atoms with Gasteiger partial charge >= 0.3 is 0 Å². The number of nitrogens with zero attached hydrogens (tertiary/aromatic N) is 2. The van der Waals surface area contributed by atoms with Crippen molar-refractivity contribution in [1.29, 1.82) is 5.26 Å². The molecule has 0 fully saturated rings. The van der Waals surface area contributed by atoms with Crippen LogP contribution in [-0.4, -0.2) is 18.4 Å². The lowest BCUT2D eigenvalue weighted by atomic mass is 10.1. The summed E-state index contributed by atoms with van der Waals surface area (Å²) in [6.07, 6.45) is 0. The van der Waals surface area contributed by atoms with Crippen molar-refractivity contribution in [3.8, 4) is 6.07 Å². The zero-order valence-corrected chi connectivity index (χ0v) is 14.0. The Bertz CT molecular complexity index is 783. The molecular weight excluding hydrogens is 358 g/mol. The number of carbonyl (C=O) groups excluding carboxylic acids is 2. The summed E-state index contributed by atoms with van der Waals surface area (Å²) in [4.78, 5) is 25.4. The maximum Gasteiger partial charge on any atom is 0.244 e. The Morgan fingerprint density at radius 1 is 1.17 bits per heavy atom. The van der Waals surface area contributed by atoms with E-state index >= 15 is 0 Å². The van der Waals surface area contributed by atoms with Gasteiger partial charge in [0, 0.05) is 11.4 Å². The van der Waals surface area contributed by atoms with Crippen molar-refractivity contribution in [2.24, 2.45) is 0 Å². The molecule has 2 rings (SSSR count). The Labute approximate surface area is 142 Å². The first-order valence-corrected chi connectivity index (χ1v) is 7.64. The molecule has 0 heterocycles. The van der Waals surface area contributed by atoms with E-state index in [0.717, 1.165) is 4.47 Å². The van der Waals surface area contributed by atoms with Crippen LogP contribution in [0.15, 0.2) is 53.0 Å². The molecule has 1 N–H and O–H groups in total. The second-order valence-corrected chi connectivity index (χ2v) is 5.62. The molecule has 0 aliphatic carbocycles. The molecule has 0 spiro atoms. The molecule has 23 heavy (non-hydrogen) atoms. The minimum Gasteiger partial charge on any atom is -0.324 e. The molecule has 0 saturated heterocycles. The number of nitrogens with one attached hydrogen (secondary N) is 1. The Hall–Kier alpha value is -2.65. The molecule has 116 valence electrons. The molecule has 0 atom stereocenters. The Kier molecular flexibility index (Phi) is 5.50. The van der Waals surface area contributed by atoms with Gasteiger partial charge in [-0.05, 0) is 40.2 Å². The minimum atomic E-state index is -0.347. The molecule has 2 aromatic rings. The van der Waals surface area contributed by atoms with Crippen molar-refractivity contribution in [2.75, 3.05) is 16.8 Å². The van der Waals surface area contributed by atoms with E-state index in [1.54, 1.807) is 36.4 Å². The Morgan fingerprint density at radius 2 is 1.83 bits per heavy atom. The van der Waals surface area contributed by atoms with Crippen molar-refractivity contribution in [2.45, 2.75) is 6.92 Å². The van der Waals surface area contributed by atoms with Gasteiger partial charge in [0.1, 0.15) is 12.6 Å². The summed E-state index contributed by atoms with van der Waals surface area (Å²) in [5.41, 5.74) is 1.38. The fraction of sp³-hybridized carbons (Fsp3) is 0.118. The van der Waals surface area contributed by atoms with Gasteiger partial charge in [-0.15, -0.1) is 0 Å². The summed E-state index contributed by atoms with van der Waals surface area (Å²) in [6, 6.07) is 15.9. The highest BCUT2D eigenvalue weighted by atomic mass is 79.9. The van der Waals surface area contributed by atoms with E-state index in [9.17, 15) is 9.59 Å². The van der Waals surface area contributed by atoms with Gasteiger partial charge in [-0.25, -0.2) is 0 Å². The van der Waals surface area contributed by atoms with Crippen LogP contribution in [0.4, 0.5) is 11.4 Å². The van der Waals surface area contributed by atoms with E-state index in [4.69, 9.17) is 5.26 Å². The molecule has 0 saturated carbocycles. The van der Waals surface area contributed by atoms with Gasteiger partial charge < -0.3 is 10.2 Å². The smallest absolute Gasteiger partial charge is 0.244 e. The number of rotatable bonds is 4. The number of anilines is 2. The van der Waals surface area contributed by atoms with Crippen LogP contribution in [0, 0.1) is 11.3 Å². The summed E-state index contributed by atoms with van der Waals surface area (Å²) in [6.45, 7) is 1.19. The zero-order chi connectivity index (χ0) is 16.8. The molecule has 2 amide bonds. The number of benzene rings is 2. The molecule has 0 aromatic heterocycles. The van der Waals surface area contributed by atoms with Crippen LogP contribution in [0.3, 0.4) is 0 Å². The van der Waals surface area contributed by atoms with Gasteiger partial charge in [0.2, 0.25) is 11.8 Å². The highest BCUT2D eigenvalue weighted by Crippen LogP contribution is 2.22. The lowest BCUT2D eigenvalue weighted by Crippen LogP contribution is -2.37. The fourth-order valence-corrected chi connectivity index (χ4v) is 2.45. The predicted molar refractivity (Wildman–Crippen MR) is 92.0 cm³/mol. The van der Waals surface area contributed by atoms with Crippen LogP contribution in [0.1, 0.15) is 12.5 Å². The number of nitriles is 1. The van der Waals surface area contributed by atoms with Crippen LogP contribution in [0.25, 0.3) is 0 Å². The van der Waals surface area contributed by atoms with Gasteiger partial charge in [-0.2, -0.15) is 5.26 Å². The van der Waals surface area contributed by atoms with Crippen molar-refractivity contribution in [3.63, 3.8) is 0 Å². The quantitative estimate of drug-likeness (QED) is 0.895. The van der Waals surface area contributed by atoms with E-state index in [1.165, 1.54) is 11.8 Å². The molecule has 5 nitrogen and oxygen atoms in total. The standard InChI is InChI=1S/C17H14BrN3O2/c1-12(22)21(16-9-5-2-6-13(16)10-19)11-17(23)20-15-8-4-3-7-14(15)18/h2-9H,11H2,1H3,(H,20,23). The van der Waals surface area contributed by atoms with Gasteiger partial charge in [-0.3, -0.25) is 9.59 Å². The zero-order valence-electron chi connectivity index (χ0n) is 12.4. The van der Waals surface area contributed by atoms with E-state index in [2.05, 4.69) is 21.2 Å². The summed E-state index contributed by atoms with van der Waals surface area (Å²) in [5, 5.41) is 11.9. The third kappa shape index (κ3) is 4.18. The monoisotopic (exact) mass is 371 g/mol. The number of halogens is 1. The van der Waals surface area contributed by atoms with Crippen LogP contribution in [0.5, 0.6) is 0 Å². The van der Waals surface area contributed by atoms with Gasteiger partial charge in [0.15, 0.2) is 0 Å². The number of carbonyl (C=O) groups is 2. The molecule has 0 unspecified atom stereocenters. The maximum absolute atomic E-state index is 12.2. The largest absolute Gasteiger partial charge is 0.324 e. The van der Waals surface area contributed by atoms with Crippen molar-refractivity contribution in [3.05, 3.63) is 58.6 Å². The lowest BCUT2D eigenvalue weighted by molar-refractivity contribution is -0.120. The normalized spacial score (nSPS) is 9.78. The molecular formula is C17H14BrN3O2. The first-order valence-electron chi connectivity index (χ1n) is 6.84. The Balaban J connectivity index is 2.20. The second-order valence-electron chi connectivity index (χ2n) is 4.76. The molecule has 0 aliphatic rings. The number of hydrogen-bond acceptors (Lipinski definition) is 3.